The van der Waals surface area contributed by atoms with Crippen molar-refractivity contribution in [2.75, 3.05) is 18.9 Å². The van der Waals surface area contributed by atoms with Crippen molar-refractivity contribution in [3.63, 3.8) is 0 Å². The third kappa shape index (κ3) is 3.36. The molecule has 7 heteroatoms. The number of pyridine rings is 2. The van der Waals surface area contributed by atoms with E-state index in [2.05, 4.69) is 25.2 Å². The molecule has 0 spiro atoms. The molecule has 1 saturated carbocycles. The molecule has 3 aromatic heterocycles. The summed E-state index contributed by atoms with van der Waals surface area (Å²) in [6.45, 7) is 0.379. The number of rotatable bonds is 5. The maximum atomic E-state index is 12.2. The molecule has 0 bridgehead atoms. The van der Waals surface area contributed by atoms with Gasteiger partial charge >= 0.3 is 0 Å². The fraction of sp³-hybridized carbons (Fsp3) is 0.333. The molecule has 1 fully saturated rings. The molecule has 0 aliphatic heterocycles. The number of carbonyl (C=O) groups is 1. The summed E-state index contributed by atoms with van der Waals surface area (Å²) in [5, 5.41) is 4.70. The quantitative estimate of drug-likeness (QED) is 0.770. The van der Waals surface area contributed by atoms with Gasteiger partial charge in [0.05, 0.1) is 12.7 Å². The topological polar surface area (TPSA) is 84.2 Å². The van der Waals surface area contributed by atoms with Gasteiger partial charge in [-0.3, -0.25) is 14.7 Å². The lowest BCUT2D eigenvalue weighted by Crippen LogP contribution is -2.41. The van der Waals surface area contributed by atoms with E-state index in [1.165, 1.54) is 25.7 Å². The van der Waals surface area contributed by atoms with Gasteiger partial charge in [0.1, 0.15) is 11.5 Å². The lowest BCUT2D eigenvalue weighted by atomic mass is 9.92. The molecule has 1 aliphatic carbocycles. The molecule has 4 rings (SSSR count). The third-order valence-corrected chi connectivity index (χ3v) is 4.65. The number of hydrogen-bond donors (Lipinski definition) is 1. The Morgan fingerprint density at radius 1 is 1.24 bits per heavy atom. The SMILES string of the molecule is CN(CC(=O)Nc1cc2cc(-c3cnco3)ncc2cn1)C1CCC1. The fourth-order valence-electron chi connectivity index (χ4n) is 2.95. The van der Waals surface area contributed by atoms with Gasteiger partial charge in [0.2, 0.25) is 5.91 Å². The Bertz CT molecular complexity index is 890. The van der Waals surface area contributed by atoms with Crippen molar-refractivity contribution in [3.05, 3.63) is 37.1 Å². The Kier molecular flexibility index (Phi) is 4.15. The molecule has 3 heterocycles. The molecule has 0 aromatic carbocycles. The summed E-state index contributed by atoms with van der Waals surface area (Å²) in [5.41, 5.74) is 0.693. The maximum Gasteiger partial charge on any atom is 0.239 e. The highest BCUT2D eigenvalue weighted by atomic mass is 16.3. The minimum atomic E-state index is -0.0502. The molecule has 1 amide bonds. The number of fused-ring (bicyclic) bond motifs is 1. The monoisotopic (exact) mass is 337 g/mol. The van der Waals surface area contributed by atoms with E-state index in [0.717, 1.165) is 10.8 Å². The number of nitrogens with zero attached hydrogens (tertiary/aromatic N) is 4. The number of nitrogens with one attached hydrogen (secondary N) is 1. The van der Waals surface area contributed by atoms with Gasteiger partial charge in [-0.1, -0.05) is 6.42 Å². The highest BCUT2D eigenvalue weighted by Gasteiger charge is 2.23. The van der Waals surface area contributed by atoms with Crippen molar-refractivity contribution in [2.24, 2.45) is 0 Å². The fourth-order valence-corrected chi connectivity index (χ4v) is 2.95. The molecule has 0 atom stereocenters. The standard InChI is InChI=1S/C18H19N5O2/c1-23(14-3-2-4-14)10-18(24)22-17-6-12-5-15(16-9-19-11-25-16)20-7-13(12)8-21-17/h5-9,11,14H,2-4,10H2,1H3,(H,21,22,24). The van der Waals surface area contributed by atoms with Crippen molar-refractivity contribution in [2.45, 2.75) is 25.3 Å². The highest BCUT2D eigenvalue weighted by Crippen LogP contribution is 2.24. The van der Waals surface area contributed by atoms with Gasteiger partial charge in [-0.2, -0.15) is 0 Å². The van der Waals surface area contributed by atoms with Crippen LogP contribution in [0.5, 0.6) is 0 Å². The first-order valence-corrected chi connectivity index (χ1v) is 8.34. The van der Waals surface area contributed by atoms with Crippen molar-refractivity contribution in [1.29, 1.82) is 0 Å². The predicted molar refractivity (Wildman–Crippen MR) is 93.9 cm³/mol. The van der Waals surface area contributed by atoms with E-state index in [1.54, 1.807) is 18.6 Å². The maximum absolute atomic E-state index is 12.2. The van der Waals surface area contributed by atoms with Crippen molar-refractivity contribution < 1.29 is 9.21 Å². The largest absolute Gasteiger partial charge is 0.442 e. The van der Waals surface area contributed by atoms with Crippen LogP contribution in [0.25, 0.3) is 22.2 Å². The predicted octanol–water partition coefficient (Wildman–Crippen LogP) is 2.71. The number of oxazole rings is 1. The van der Waals surface area contributed by atoms with E-state index in [0.29, 0.717) is 29.9 Å². The molecule has 0 saturated heterocycles. The van der Waals surface area contributed by atoms with Crippen LogP contribution in [0.3, 0.4) is 0 Å². The molecular weight excluding hydrogens is 318 g/mol. The Morgan fingerprint density at radius 2 is 2.08 bits per heavy atom. The molecule has 7 nitrogen and oxygen atoms in total. The molecule has 25 heavy (non-hydrogen) atoms. The van der Waals surface area contributed by atoms with Gasteiger partial charge in [-0.25, -0.2) is 9.97 Å². The first-order valence-electron chi connectivity index (χ1n) is 8.34. The van der Waals surface area contributed by atoms with Gasteiger partial charge in [-0.15, -0.1) is 0 Å². The molecule has 3 aromatic rings. The van der Waals surface area contributed by atoms with Gasteiger partial charge in [0, 0.05) is 23.8 Å². The third-order valence-electron chi connectivity index (χ3n) is 4.65. The number of aromatic nitrogens is 3. The summed E-state index contributed by atoms with van der Waals surface area (Å²) >= 11 is 0. The van der Waals surface area contributed by atoms with Gasteiger partial charge in [-0.05, 0) is 37.4 Å². The van der Waals surface area contributed by atoms with Crippen molar-refractivity contribution in [1.82, 2.24) is 19.9 Å². The van der Waals surface area contributed by atoms with E-state index in [1.807, 2.05) is 19.2 Å². The molecule has 0 unspecified atom stereocenters. The molecule has 0 radical (unpaired) electrons. The first kappa shape index (κ1) is 15.7. The summed E-state index contributed by atoms with van der Waals surface area (Å²) in [5.74, 6) is 1.09. The molecular formula is C18H19N5O2. The Labute approximate surface area is 145 Å². The van der Waals surface area contributed by atoms with Crippen LogP contribution in [0.2, 0.25) is 0 Å². The van der Waals surface area contributed by atoms with Crippen LogP contribution in [-0.4, -0.2) is 45.4 Å². The van der Waals surface area contributed by atoms with Crippen LogP contribution < -0.4 is 5.32 Å². The summed E-state index contributed by atoms with van der Waals surface area (Å²) in [6.07, 6.45) is 10.0. The van der Waals surface area contributed by atoms with Crippen LogP contribution in [0.1, 0.15) is 19.3 Å². The summed E-state index contributed by atoms with van der Waals surface area (Å²) < 4.78 is 5.28. The lowest BCUT2D eigenvalue weighted by molar-refractivity contribution is -0.117. The number of hydrogen-bond acceptors (Lipinski definition) is 6. The zero-order valence-electron chi connectivity index (χ0n) is 14.0. The smallest absolute Gasteiger partial charge is 0.239 e. The van der Waals surface area contributed by atoms with Crippen LogP contribution >= 0.6 is 0 Å². The highest BCUT2D eigenvalue weighted by molar-refractivity contribution is 5.94. The van der Waals surface area contributed by atoms with Crippen LogP contribution in [0.4, 0.5) is 5.82 Å². The second-order valence-corrected chi connectivity index (χ2v) is 6.40. The number of likely N-dealkylation sites (N-methyl/N-ethyl adjacent to an activating group) is 1. The minimum Gasteiger partial charge on any atom is -0.442 e. The van der Waals surface area contributed by atoms with Crippen molar-refractivity contribution in [3.8, 4) is 11.5 Å². The molecule has 128 valence electrons. The second-order valence-electron chi connectivity index (χ2n) is 6.40. The van der Waals surface area contributed by atoms with E-state index in [4.69, 9.17) is 4.42 Å². The number of amides is 1. The summed E-state index contributed by atoms with van der Waals surface area (Å²) in [7, 11) is 1.99. The van der Waals surface area contributed by atoms with Gasteiger partial charge < -0.3 is 9.73 Å². The van der Waals surface area contributed by atoms with E-state index in [-0.39, 0.29) is 5.91 Å². The van der Waals surface area contributed by atoms with E-state index in [9.17, 15) is 4.79 Å². The Hall–Kier alpha value is -2.80. The molecule has 1 N–H and O–H groups in total. The average Bonchev–Trinajstić information content (AvgIpc) is 3.06. The summed E-state index contributed by atoms with van der Waals surface area (Å²) in [6, 6.07) is 4.28. The molecule has 1 aliphatic rings. The lowest BCUT2D eigenvalue weighted by Gasteiger charge is -2.34. The number of anilines is 1. The van der Waals surface area contributed by atoms with E-state index < -0.39 is 0 Å². The van der Waals surface area contributed by atoms with Crippen LogP contribution in [0.15, 0.2) is 41.5 Å². The first-order chi connectivity index (χ1) is 12.2. The normalized spacial score (nSPS) is 14.6. The minimum absolute atomic E-state index is 0.0502. The number of carbonyl (C=O) groups excluding carboxylic acids is 1. The zero-order valence-corrected chi connectivity index (χ0v) is 14.0. The van der Waals surface area contributed by atoms with Gasteiger partial charge in [0.25, 0.3) is 0 Å². The Balaban J connectivity index is 1.50. The van der Waals surface area contributed by atoms with Crippen LogP contribution in [0, 0.1) is 0 Å². The zero-order chi connectivity index (χ0) is 17.2. The Morgan fingerprint density at radius 3 is 2.80 bits per heavy atom. The van der Waals surface area contributed by atoms with Crippen LogP contribution in [-0.2, 0) is 4.79 Å². The average molecular weight is 337 g/mol. The van der Waals surface area contributed by atoms with Gasteiger partial charge in [0.15, 0.2) is 12.2 Å². The summed E-state index contributed by atoms with van der Waals surface area (Å²) in [4.78, 5) is 26.9. The van der Waals surface area contributed by atoms with E-state index >= 15 is 0 Å². The van der Waals surface area contributed by atoms with Crippen molar-refractivity contribution >= 4 is 22.5 Å². The second kappa shape index (κ2) is 6.60.